The van der Waals surface area contributed by atoms with Gasteiger partial charge in [0.05, 0.1) is 5.57 Å². The largest absolute Gasteiger partial charge is 0.294 e. The average Bonchev–Trinajstić information content (AvgIpc) is 1.81. The minimum Gasteiger partial charge on any atom is -0.294 e. The summed E-state index contributed by atoms with van der Waals surface area (Å²) in [5, 5.41) is 8.41. The number of Topliss-reactive ketones (excluding diaryl/α,β-unsaturated/α-hetero) is 1. The Labute approximate surface area is 61.2 Å². The topological polar surface area (TPSA) is 40.9 Å². The van der Waals surface area contributed by atoms with Gasteiger partial charge in [-0.15, -0.1) is 0 Å². The highest BCUT2D eigenvalue weighted by molar-refractivity contribution is 5.97. The van der Waals surface area contributed by atoms with Crippen LogP contribution in [0.5, 0.6) is 0 Å². The predicted octanol–water partition coefficient (Wildman–Crippen LogP) is 1.68. The van der Waals surface area contributed by atoms with E-state index in [9.17, 15) is 4.79 Å². The number of ketones is 1. The van der Waals surface area contributed by atoms with Crippen LogP contribution in [0.3, 0.4) is 0 Å². The fraction of sp³-hybridized carbons (Fsp3) is 0.500. The highest BCUT2D eigenvalue weighted by Crippen LogP contribution is 2.01. The van der Waals surface area contributed by atoms with E-state index in [-0.39, 0.29) is 17.3 Å². The van der Waals surface area contributed by atoms with E-state index in [0.29, 0.717) is 0 Å². The second-order valence-corrected chi connectivity index (χ2v) is 2.49. The second-order valence-electron chi connectivity index (χ2n) is 2.49. The van der Waals surface area contributed by atoms with Crippen LogP contribution in [0.25, 0.3) is 0 Å². The van der Waals surface area contributed by atoms with Crippen molar-refractivity contribution in [3.8, 4) is 6.07 Å². The molecule has 0 aliphatic rings. The first-order valence-corrected chi connectivity index (χ1v) is 3.20. The summed E-state index contributed by atoms with van der Waals surface area (Å²) < 4.78 is 0. The molecule has 0 spiro atoms. The lowest BCUT2D eigenvalue weighted by Gasteiger charge is -1.94. The Balaban J connectivity index is 4.39. The van der Waals surface area contributed by atoms with Gasteiger partial charge in [0.1, 0.15) is 6.07 Å². The Bertz CT molecular complexity index is 196. The van der Waals surface area contributed by atoms with E-state index in [0.717, 1.165) is 0 Å². The van der Waals surface area contributed by atoms with Gasteiger partial charge in [0, 0.05) is 0 Å². The monoisotopic (exact) mass is 137 g/mol. The van der Waals surface area contributed by atoms with Gasteiger partial charge >= 0.3 is 0 Å². The molecule has 0 N–H and O–H groups in total. The van der Waals surface area contributed by atoms with E-state index in [4.69, 9.17) is 5.26 Å². The summed E-state index contributed by atoms with van der Waals surface area (Å²) in [7, 11) is 0. The SMILES string of the molecule is CC(=O)/C(C#N)=C\C(C)C. The Morgan fingerprint density at radius 1 is 1.60 bits per heavy atom. The molecule has 0 saturated carbocycles. The maximum absolute atomic E-state index is 10.6. The standard InChI is InChI=1S/C8H11NO/c1-6(2)4-8(5-9)7(3)10/h4,6H,1-3H3/b8-4-. The normalized spacial score (nSPS) is 11.3. The highest BCUT2D eigenvalue weighted by Gasteiger charge is 2.01. The third-order valence-corrected chi connectivity index (χ3v) is 1.000. The molecule has 0 heterocycles. The number of nitriles is 1. The van der Waals surface area contributed by atoms with Crippen LogP contribution in [0.4, 0.5) is 0 Å². The molecule has 2 heteroatoms. The molecule has 0 fully saturated rings. The molecule has 0 aliphatic heterocycles. The van der Waals surface area contributed by atoms with Gasteiger partial charge in [0.2, 0.25) is 0 Å². The lowest BCUT2D eigenvalue weighted by molar-refractivity contribution is -0.113. The number of hydrogen-bond acceptors (Lipinski definition) is 2. The minimum atomic E-state index is -0.156. The van der Waals surface area contributed by atoms with E-state index >= 15 is 0 Å². The maximum atomic E-state index is 10.6. The van der Waals surface area contributed by atoms with E-state index in [1.54, 1.807) is 6.08 Å². The fourth-order valence-electron chi connectivity index (χ4n) is 0.567. The van der Waals surface area contributed by atoms with Crippen LogP contribution in [0.15, 0.2) is 11.6 Å². The van der Waals surface area contributed by atoms with E-state index in [2.05, 4.69) is 0 Å². The zero-order chi connectivity index (χ0) is 8.15. The number of carbonyl (C=O) groups excluding carboxylic acids is 1. The molecule has 10 heavy (non-hydrogen) atoms. The molecule has 0 aliphatic carbocycles. The second kappa shape index (κ2) is 3.84. The Hall–Kier alpha value is -1.10. The predicted molar refractivity (Wildman–Crippen MR) is 39.2 cm³/mol. The first-order valence-electron chi connectivity index (χ1n) is 3.20. The van der Waals surface area contributed by atoms with Crippen molar-refractivity contribution in [2.75, 3.05) is 0 Å². The van der Waals surface area contributed by atoms with Crippen LogP contribution >= 0.6 is 0 Å². The molecule has 2 nitrogen and oxygen atoms in total. The Morgan fingerprint density at radius 3 is 2.20 bits per heavy atom. The van der Waals surface area contributed by atoms with E-state index in [1.165, 1.54) is 6.92 Å². The van der Waals surface area contributed by atoms with Crippen LogP contribution in [0, 0.1) is 17.2 Å². The van der Waals surface area contributed by atoms with E-state index < -0.39 is 0 Å². The summed E-state index contributed by atoms with van der Waals surface area (Å²) in [6.07, 6.45) is 1.67. The average molecular weight is 137 g/mol. The molecule has 0 amide bonds. The number of allylic oxidation sites excluding steroid dienone is 2. The number of nitrogens with zero attached hydrogens (tertiary/aromatic N) is 1. The van der Waals surface area contributed by atoms with Gasteiger partial charge in [-0.05, 0) is 12.8 Å². The van der Waals surface area contributed by atoms with Crippen molar-refractivity contribution in [3.05, 3.63) is 11.6 Å². The van der Waals surface area contributed by atoms with Crippen molar-refractivity contribution < 1.29 is 4.79 Å². The van der Waals surface area contributed by atoms with Crippen molar-refractivity contribution in [1.29, 1.82) is 5.26 Å². The van der Waals surface area contributed by atoms with Crippen molar-refractivity contribution in [2.24, 2.45) is 5.92 Å². The molecule has 0 unspecified atom stereocenters. The lowest BCUT2D eigenvalue weighted by Crippen LogP contribution is -1.95. The van der Waals surface area contributed by atoms with Crippen molar-refractivity contribution in [2.45, 2.75) is 20.8 Å². The van der Waals surface area contributed by atoms with Crippen molar-refractivity contribution in [1.82, 2.24) is 0 Å². The lowest BCUT2D eigenvalue weighted by atomic mass is 10.1. The molecular formula is C8H11NO. The highest BCUT2D eigenvalue weighted by atomic mass is 16.1. The van der Waals surface area contributed by atoms with Gasteiger partial charge in [0.25, 0.3) is 0 Å². The van der Waals surface area contributed by atoms with Crippen LogP contribution < -0.4 is 0 Å². The smallest absolute Gasteiger partial charge is 0.169 e. The summed E-state index contributed by atoms with van der Waals surface area (Å²) >= 11 is 0. The Morgan fingerprint density at radius 2 is 2.10 bits per heavy atom. The molecule has 0 rings (SSSR count). The van der Waals surface area contributed by atoms with Gasteiger partial charge in [0.15, 0.2) is 5.78 Å². The fourth-order valence-corrected chi connectivity index (χ4v) is 0.567. The summed E-state index contributed by atoms with van der Waals surface area (Å²) in [6, 6.07) is 1.84. The quantitative estimate of drug-likeness (QED) is 0.429. The summed E-state index contributed by atoms with van der Waals surface area (Å²) in [5.41, 5.74) is 0.259. The summed E-state index contributed by atoms with van der Waals surface area (Å²) in [4.78, 5) is 10.6. The summed E-state index contributed by atoms with van der Waals surface area (Å²) in [5.74, 6) is 0.106. The first-order chi connectivity index (χ1) is 4.57. The van der Waals surface area contributed by atoms with Crippen LogP contribution in [0.2, 0.25) is 0 Å². The molecule has 0 aromatic rings. The zero-order valence-electron chi connectivity index (χ0n) is 6.51. The number of rotatable bonds is 2. The minimum absolute atomic E-state index is 0.156. The van der Waals surface area contributed by atoms with Gasteiger partial charge in [-0.1, -0.05) is 19.9 Å². The van der Waals surface area contributed by atoms with Gasteiger partial charge < -0.3 is 0 Å². The molecule has 0 aromatic carbocycles. The van der Waals surface area contributed by atoms with Gasteiger partial charge in [-0.3, -0.25) is 4.79 Å². The van der Waals surface area contributed by atoms with Crippen LogP contribution in [0.1, 0.15) is 20.8 Å². The molecule has 0 bridgehead atoms. The van der Waals surface area contributed by atoms with Gasteiger partial charge in [-0.2, -0.15) is 5.26 Å². The molecule has 54 valence electrons. The summed E-state index contributed by atoms with van der Waals surface area (Å²) in [6.45, 7) is 5.26. The third kappa shape index (κ3) is 3.03. The molecule has 0 radical (unpaired) electrons. The molecular weight excluding hydrogens is 126 g/mol. The third-order valence-electron chi connectivity index (χ3n) is 1.000. The van der Waals surface area contributed by atoms with Crippen molar-refractivity contribution >= 4 is 5.78 Å². The van der Waals surface area contributed by atoms with Crippen LogP contribution in [-0.2, 0) is 4.79 Å². The Kier molecular flexibility index (Phi) is 3.42. The first kappa shape index (κ1) is 8.90. The van der Waals surface area contributed by atoms with Gasteiger partial charge in [-0.25, -0.2) is 0 Å². The molecule has 0 saturated heterocycles. The van der Waals surface area contributed by atoms with Crippen molar-refractivity contribution in [3.63, 3.8) is 0 Å². The number of hydrogen-bond donors (Lipinski definition) is 0. The van der Waals surface area contributed by atoms with Crippen LogP contribution in [-0.4, -0.2) is 5.78 Å². The molecule has 0 atom stereocenters. The number of carbonyl (C=O) groups is 1. The zero-order valence-corrected chi connectivity index (χ0v) is 6.51. The maximum Gasteiger partial charge on any atom is 0.169 e. The van der Waals surface area contributed by atoms with E-state index in [1.807, 2.05) is 19.9 Å². The molecule has 0 aromatic heterocycles.